The number of carbonyl (C=O) groups is 1. The zero-order valence-corrected chi connectivity index (χ0v) is 15.0. The van der Waals surface area contributed by atoms with E-state index in [1.807, 2.05) is 5.38 Å². The number of benzene rings is 1. The number of nitrogens with one attached hydrogen (secondary N) is 2. The highest BCUT2D eigenvalue weighted by atomic mass is 32.1. The van der Waals surface area contributed by atoms with Gasteiger partial charge in [-0.25, -0.2) is 10.8 Å². The Morgan fingerprint density at radius 3 is 2.54 bits per heavy atom. The smallest absolute Gasteiger partial charge is 0.271 e. The van der Waals surface area contributed by atoms with Crippen LogP contribution in [0.25, 0.3) is 0 Å². The van der Waals surface area contributed by atoms with E-state index >= 15 is 0 Å². The second-order valence-electron chi connectivity index (χ2n) is 5.17. The predicted molar refractivity (Wildman–Crippen MR) is 99.8 cm³/mol. The van der Waals surface area contributed by atoms with Crippen molar-refractivity contribution in [3.63, 3.8) is 0 Å². The SMILES string of the molecule is CC(=O)Nc1nc(CCc2ccc(CCOC(=S)NN)cc2)cs1. The number of aromatic nitrogens is 1. The van der Waals surface area contributed by atoms with E-state index < -0.39 is 0 Å². The van der Waals surface area contributed by atoms with E-state index in [0.717, 1.165) is 25.0 Å². The molecule has 0 saturated heterocycles. The first-order valence-electron chi connectivity index (χ1n) is 7.50. The molecular formula is C16H20N4O2S2. The van der Waals surface area contributed by atoms with Gasteiger partial charge < -0.3 is 10.1 Å². The molecule has 1 heterocycles. The number of amides is 1. The Hall–Kier alpha value is -2.03. The minimum atomic E-state index is -0.0986. The van der Waals surface area contributed by atoms with Crippen molar-refractivity contribution in [1.29, 1.82) is 0 Å². The fourth-order valence-electron chi connectivity index (χ4n) is 2.08. The number of ether oxygens (including phenoxy) is 1. The molecule has 0 aliphatic heterocycles. The van der Waals surface area contributed by atoms with E-state index in [1.165, 1.54) is 29.4 Å². The minimum absolute atomic E-state index is 0.0986. The summed E-state index contributed by atoms with van der Waals surface area (Å²) in [5, 5.41) is 5.53. The minimum Gasteiger partial charge on any atom is -0.470 e. The summed E-state index contributed by atoms with van der Waals surface area (Å²) >= 11 is 6.26. The van der Waals surface area contributed by atoms with Crippen LogP contribution < -0.4 is 16.6 Å². The van der Waals surface area contributed by atoms with Gasteiger partial charge in [0, 0.05) is 18.7 Å². The van der Waals surface area contributed by atoms with E-state index in [4.69, 9.17) is 22.8 Å². The third kappa shape index (κ3) is 6.23. The second kappa shape index (κ2) is 9.31. The molecule has 1 aromatic heterocycles. The molecule has 0 unspecified atom stereocenters. The van der Waals surface area contributed by atoms with Crippen molar-refractivity contribution in [2.45, 2.75) is 26.2 Å². The van der Waals surface area contributed by atoms with Crippen molar-refractivity contribution in [2.24, 2.45) is 5.84 Å². The number of thiazole rings is 1. The van der Waals surface area contributed by atoms with Crippen LogP contribution >= 0.6 is 23.6 Å². The van der Waals surface area contributed by atoms with Gasteiger partial charge in [0.05, 0.1) is 12.3 Å². The summed E-state index contributed by atoms with van der Waals surface area (Å²) in [4.78, 5) is 15.4. The van der Waals surface area contributed by atoms with E-state index in [1.54, 1.807) is 0 Å². The van der Waals surface area contributed by atoms with Crippen LogP contribution in [-0.4, -0.2) is 22.7 Å². The van der Waals surface area contributed by atoms with E-state index in [-0.39, 0.29) is 11.1 Å². The molecule has 0 bridgehead atoms. The van der Waals surface area contributed by atoms with Gasteiger partial charge in [-0.15, -0.1) is 11.3 Å². The number of nitrogens with zero attached hydrogens (tertiary/aromatic N) is 1. The average molecular weight is 364 g/mol. The fraction of sp³-hybridized carbons (Fsp3) is 0.312. The van der Waals surface area contributed by atoms with Gasteiger partial charge in [0.25, 0.3) is 5.17 Å². The summed E-state index contributed by atoms with van der Waals surface area (Å²) in [6.45, 7) is 1.97. The fourth-order valence-corrected chi connectivity index (χ4v) is 2.95. The number of rotatable bonds is 7. The van der Waals surface area contributed by atoms with Crippen LogP contribution in [0.2, 0.25) is 0 Å². The normalized spacial score (nSPS) is 10.2. The lowest BCUT2D eigenvalue weighted by molar-refractivity contribution is -0.114. The number of hydrazine groups is 1. The highest BCUT2D eigenvalue weighted by molar-refractivity contribution is 7.80. The highest BCUT2D eigenvalue weighted by Gasteiger charge is 2.04. The van der Waals surface area contributed by atoms with Crippen LogP contribution in [0.4, 0.5) is 5.13 Å². The summed E-state index contributed by atoms with van der Waals surface area (Å²) in [6.07, 6.45) is 2.52. The van der Waals surface area contributed by atoms with E-state index in [2.05, 4.69) is 40.0 Å². The number of thiocarbonyl (C=S) groups is 1. The van der Waals surface area contributed by atoms with Gasteiger partial charge in [0.15, 0.2) is 5.13 Å². The molecule has 0 fully saturated rings. The Kier molecular flexibility index (Phi) is 7.10. The maximum absolute atomic E-state index is 11.0. The molecule has 0 atom stereocenters. The summed E-state index contributed by atoms with van der Waals surface area (Å²) < 4.78 is 5.22. The summed E-state index contributed by atoms with van der Waals surface area (Å²) in [5.41, 5.74) is 5.70. The Morgan fingerprint density at radius 2 is 1.92 bits per heavy atom. The third-order valence-corrected chi connectivity index (χ3v) is 4.31. The van der Waals surface area contributed by atoms with Crippen LogP contribution in [0.15, 0.2) is 29.6 Å². The Bertz CT molecular complexity index is 686. The molecule has 1 amide bonds. The molecule has 128 valence electrons. The first kappa shape index (κ1) is 18.3. The summed E-state index contributed by atoms with van der Waals surface area (Å²) in [6, 6.07) is 8.38. The molecule has 24 heavy (non-hydrogen) atoms. The highest BCUT2D eigenvalue weighted by Crippen LogP contribution is 2.17. The van der Waals surface area contributed by atoms with Gasteiger partial charge >= 0.3 is 0 Å². The Balaban J connectivity index is 1.78. The molecule has 2 aromatic rings. The van der Waals surface area contributed by atoms with Crippen molar-refractivity contribution in [2.75, 3.05) is 11.9 Å². The lowest BCUT2D eigenvalue weighted by atomic mass is 10.1. The molecule has 6 nitrogen and oxygen atoms in total. The number of aryl methyl sites for hydroxylation is 2. The van der Waals surface area contributed by atoms with Gasteiger partial charge in [0.1, 0.15) is 0 Å². The molecule has 0 radical (unpaired) electrons. The van der Waals surface area contributed by atoms with Crippen molar-refractivity contribution in [3.8, 4) is 0 Å². The Morgan fingerprint density at radius 1 is 1.25 bits per heavy atom. The van der Waals surface area contributed by atoms with Gasteiger partial charge in [-0.05, 0) is 36.2 Å². The van der Waals surface area contributed by atoms with Gasteiger partial charge in [-0.1, -0.05) is 24.3 Å². The molecule has 1 aromatic carbocycles. The first-order valence-corrected chi connectivity index (χ1v) is 8.79. The van der Waals surface area contributed by atoms with Crippen molar-refractivity contribution < 1.29 is 9.53 Å². The van der Waals surface area contributed by atoms with E-state index in [9.17, 15) is 4.79 Å². The molecular weight excluding hydrogens is 344 g/mol. The van der Waals surface area contributed by atoms with Crippen LogP contribution in [0, 0.1) is 0 Å². The lowest BCUT2D eigenvalue weighted by Crippen LogP contribution is -2.30. The largest absolute Gasteiger partial charge is 0.470 e. The lowest BCUT2D eigenvalue weighted by Gasteiger charge is -2.07. The van der Waals surface area contributed by atoms with Crippen molar-refractivity contribution in [3.05, 3.63) is 46.5 Å². The van der Waals surface area contributed by atoms with Crippen LogP contribution in [-0.2, 0) is 28.8 Å². The molecule has 8 heteroatoms. The number of nitrogens with two attached hydrogens (primary N) is 1. The van der Waals surface area contributed by atoms with E-state index in [0.29, 0.717) is 11.7 Å². The average Bonchev–Trinajstić information content (AvgIpc) is 3.00. The molecule has 0 saturated carbocycles. The first-order chi connectivity index (χ1) is 11.6. The second-order valence-corrected chi connectivity index (χ2v) is 6.40. The molecule has 0 aliphatic rings. The van der Waals surface area contributed by atoms with Crippen molar-refractivity contribution >= 4 is 39.8 Å². The van der Waals surface area contributed by atoms with Crippen LogP contribution in [0.5, 0.6) is 0 Å². The molecule has 2 rings (SSSR count). The summed E-state index contributed by atoms with van der Waals surface area (Å²) in [7, 11) is 0. The van der Waals surface area contributed by atoms with Gasteiger partial charge in [0.2, 0.25) is 5.91 Å². The number of hydrogen-bond acceptors (Lipinski definition) is 6. The monoisotopic (exact) mass is 364 g/mol. The number of carbonyl (C=O) groups excluding carboxylic acids is 1. The maximum Gasteiger partial charge on any atom is 0.271 e. The molecule has 4 N–H and O–H groups in total. The third-order valence-electron chi connectivity index (χ3n) is 3.27. The summed E-state index contributed by atoms with van der Waals surface area (Å²) in [5.74, 6) is 5.04. The zero-order valence-electron chi connectivity index (χ0n) is 13.4. The quantitative estimate of drug-likeness (QED) is 0.396. The number of anilines is 1. The van der Waals surface area contributed by atoms with Crippen molar-refractivity contribution in [1.82, 2.24) is 10.4 Å². The van der Waals surface area contributed by atoms with Gasteiger partial charge in [-0.3, -0.25) is 10.2 Å². The molecule has 0 aliphatic carbocycles. The standard InChI is InChI=1S/C16H20N4O2S2/c1-11(21)18-15-19-14(10-24-15)7-6-12-2-4-13(5-3-12)8-9-22-16(23)20-17/h2-5,10H,6-9,17H2,1H3,(H,20,23)(H,18,19,21). The maximum atomic E-state index is 11.0. The van der Waals surface area contributed by atoms with Gasteiger partial charge in [-0.2, -0.15) is 0 Å². The van der Waals surface area contributed by atoms with Crippen LogP contribution in [0.3, 0.4) is 0 Å². The Labute approximate surface area is 150 Å². The predicted octanol–water partition coefficient (Wildman–Crippen LogP) is 2.19. The molecule has 0 spiro atoms. The van der Waals surface area contributed by atoms with Crippen LogP contribution in [0.1, 0.15) is 23.7 Å². The number of hydrogen-bond donors (Lipinski definition) is 3. The zero-order chi connectivity index (χ0) is 17.4. The topological polar surface area (TPSA) is 89.3 Å².